The molecule has 112 valence electrons. The molecule has 2 rings (SSSR count). The van der Waals surface area contributed by atoms with Crippen LogP contribution in [0.4, 0.5) is 15.8 Å². The fraction of sp³-hybridized carbons (Fsp3) is 0.0588. The molecule has 0 atom stereocenters. The lowest BCUT2D eigenvalue weighted by Crippen LogP contribution is -2.34. The monoisotopic (exact) mass is 299 g/mol. The van der Waals surface area contributed by atoms with E-state index in [-0.39, 0.29) is 0 Å². The van der Waals surface area contributed by atoms with Gasteiger partial charge in [-0.3, -0.25) is 9.69 Å². The lowest BCUT2D eigenvalue weighted by molar-refractivity contribution is -0.152. The molecule has 0 heterocycles. The number of amides is 1. The van der Waals surface area contributed by atoms with Gasteiger partial charge in [0.1, 0.15) is 12.4 Å². The van der Waals surface area contributed by atoms with Crippen molar-refractivity contribution >= 4 is 23.3 Å². The van der Waals surface area contributed by atoms with E-state index in [4.69, 9.17) is 0 Å². The number of halogens is 1. The minimum Gasteiger partial charge on any atom is -0.451 e. The molecule has 1 amide bonds. The van der Waals surface area contributed by atoms with E-state index in [9.17, 15) is 14.0 Å². The molecule has 0 spiro atoms. The van der Waals surface area contributed by atoms with Gasteiger partial charge in [-0.15, -0.1) is 0 Å². The maximum Gasteiger partial charge on any atom is 0.398 e. The van der Waals surface area contributed by atoms with Gasteiger partial charge >= 0.3 is 11.9 Å². The molecular formula is C17H14FNO3. The summed E-state index contributed by atoms with van der Waals surface area (Å²) < 4.78 is 17.2. The van der Waals surface area contributed by atoms with E-state index >= 15 is 0 Å². The first-order valence-corrected chi connectivity index (χ1v) is 6.54. The number of esters is 1. The molecule has 0 saturated carbocycles. The Morgan fingerprint density at radius 2 is 1.41 bits per heavy atom. The number of rotatable bonds is 4. The summed E-state index contributed by atoms with van der Waals surface area (Å²) in [7, 11) is 0. The van der Waals surface area contributed by atoms with Crippen LogP contribution in [0.25, 0.3) is 0 Å². The number of carbonyl (C=O) groups is 2. The van der Waals surface area contributed by atoms with Crippen molar-refractivity contribution in [2.24, 2.45) is 0 Å². The number of benzene rings is 2. The van der Waals surface area contributed by atoms with Gasteiger partial charge in [-0.2, -0.15) is 0 Å². The van der Waals surface area contributed by atoms with E-state index in [0.717, 1.165) is 0 Å². The third kappa shape index (κ3) is 3.79. The van der Waals surface area contributed by atoms with Gasteiger partial charge in [-0.05, 0) is 24.3 Å². The smallest absolute Gasteiger partial charge is 0.398 e. The van der Waals surface area contributed by atoms with Crippen LogP contribution >= 0.6 is 0 Å². The van der Waals surface area contributed by atoms with E-state index in [0.29, 0.717) is 11.4 Å². The molecule has 0 aliphatic carbocycles. The highest BCUT2D eigenvalue weighted by Crippen LogP contribution is 2.25. The summed E-state index contributed by atoms with van der Waals surface area (Å²) in [5.74, 6) is -2.88. The Morgan fingerprint density at radius 3 is 1.82 bits per heavy atom. The second kappa shape index (κ2) is 7.17. The third-order valence-electron chi connectivity index (χ3n) is 2.77. The van der Waals surface area contributed by atoms with Crippen molar-refractivity contribution in [2.45, 2.75) is 0 Å². The summed E-state index contributed by atoms with van der Waals surface area (Å²) in [5, 5.41) is 0. The Bertz CT molecular complexity index is 631. The summed E-state index contributed by atoms with van der Waals surface area (Å²) in [6, 6.07) is 17.3. The molecule has 0 bridgehead atoms. The number of carbonyl (C=O) groups excluding carboxylic acids is 2. The van der Waals surface area contributed by atoms with Crippen LogP contribution in [0.3, 0.4) is 0 Å². The van der Waals surface area contributed by atoms with Crippen LogP contribution in [0.5, 0.6) is 0 Å². The van der Waals surface area contributed by atoms with Crippen LogP contribution in [0.1, 0.15) is 0 Å². The van der Waals surface area contributed by atoms with Crippen LogP contribution < -0.4 is 4.90 Å². The maximum atomic E-state index is 12.6. The number of hydrogen-bond acceptors (Lipinski definition) is 3. The van der Waals surface area contributed by atoms with Crippen molar-refractivity contribution in [2.75, 3.05) is 11.5 Å². The Kier molecular flexibility index (Phi) is 5.03. The van der Waals surface area contributed by atoms with Crippen molar-refractivity contribution in [3.63, 3.8) is 0 Å². The first-order chi connectivity index (χ1) is 10.6. The van der Waals surface area contributed by atoms with Crippen molar-refractivity contribution < 1.29 is 18.7 Å². The van der Waals surface area contributed by atoms with E-state index in [1.807, 2.05) is 0 Å². The summed E-state index contributed by atoms with van der Waals surface area (Å²) >= 11 is 0. The molecule has 0 fully saturated rings. The molecule has 0 saturated heterocycles. The Morgan fingerprint density at radius 1 is 0.955 bits per heavy atom. The van der Waals surface area contributed by atoms with Gasteiger partial charge in [0.25, 0.3) is 0 Å². The van der Waals surface area contributed by atoms with Gasteiger partial charge < -0.3 is 4.74 Å². The average Bonchev–Trinajstić information content (AvgIpc) is 2.54. The normalized spacial score (nSPS) is 9.86. The third-order valence-corrected chi connectivity index (χ3v) is 2.77. The summed E-state index contributed by atoms with van der Waals surface area (Å²) in [4.78, 5) is 25.4. The van der Waals surface area contributed by atoms with Crippen LogP contribution in [0, 0.1) is 0 Å². The van der Waals surface area contributed by atoms with Gasteiger partial charge in [-0.25, -0.2) is 9.18 Å². The van der Waals surface area contributed by atoms with Gasteiger partial charge in [0.15, 0.2) is 0 Å². The molecule has 0 unspecified atom stereocenters. The topological polar surface area (TPSA) is 46.6 Å². The van der Waals surface area contributed by atoms with Gasteiger partial charge in [-0.1, -0.05) is 43.0 Å². The first-order valence-electron chi connectivity index (χ1n) is 6.54. The first kappa shape index (κ1) is 15.4. The van der Waals surface area contributed by atoms with E-state index in [1.54, 1.807) is 60.7 Å². The number of anilines is 2. The Labute approximate surface area is 127 Å². The Balaban J connectivity index is 2.31. The highest BCUT2D eigenvalue weighted by Gasteiger charge is 2.26. The predicted molar refractivity (Wildman–Crippen MR) is 81.2 cm³/mol. The van der Waals surface area contributed by atoms with Gasteiger partial charge in [0.05, 0.1) is 0 Å². The molecule has 0 N–H and O–H groups in total. The largest absolute Gasteiger partial charge is 0.451 e. The predicted octanol–water partition coefficient (Wildman–Crippen LogP) is 3.38. The number of para-hydroxylation sites is 2. The zero-order chi connectivity index (χ0) is 15.9. The minimum absolute atomic E-state index is 0.509. The molecular weight excluding hydrogens is 285 g/mol. The number of nitrogens with zero attached hydrogens (tertiary/aromatic N) is 1. The number of hydrogen-bond donors (Lipinski definition) is 0. The van der Waals surface area contributed by atoms with E-state index in [2.05, 4.69) is 11.3 Å². The van der Waals surface area contributed by atoms with Crippen molar-refractivity contribution in [3.05, 3.63) is 73.1 Å². The molecule has 2 aromatic rings. The molecule has 5 heteroatoms. The zero-order valence-corrected chi connectivity index (χ0v) is 11.7. The van der Waals surface area contributed by atoms with Crippen LogP contribution in [0.15, 0.2) is 73.1 Å². The lowest BCUT2D eigenvalue weighted by Gasteiger charge is -2.21. The Hall–Kier alpha value is -2.95. The molecule has 2 aromatic carbocycles. The minimum atomic E-state index is -1.15. The van der Waals surface area contributed by atoms with E-state index in [1.165, 1.54) is 4.90 Å². The molecule has 0 aromatic heterocycles. The fourth-order valence-corrected chi connectivity index (χ4v) is 1.83. The average molecular weight is 299 g/mol. The summed E-state index contributed by atoms with van der Waals surface area (Å²) in [6.07, 6.45) is 0. The fourth-order valence-electron chi connectivity index (χ4n) is 1.83. The van der Waals surface area contributed by atoms with Gasteiger partial charge in [0.2, 0.25) is 0 Å². The van der Waals surface area contributed by atoms with Crippen molar-refractivity contribution in [1.29, 1.82) is 0 Å². The summed E-state index contributed by atoms with van der Waals surface area (Å²) in [6.45, 7) is 2.34. The molecule has 0 aliphatic heterocycles. The highest BCUT2D eigenvalue weighted by molar-refractivity contribution is 6.39. The second-order valence-corrected chi connectivity index (χ2v) is 4.41. The van der Waals surface area contributed by atoms with Crippen LogP contribution in [-0.4, -0.2) is 18.5 Å². The van der Waals surface area contributed by atoms with Crippen LogP contribution in [-0.2, 0) is 14.3 Å². The molecule has 4 nitrogen and oxygen atoms in total. The molecule has 0 aliphatic rings. The van der Waals surface area contributed by atoms with Crippen molar-refractivity contribution in [3.8, 4) is 0 Å². The molecule has 0 radical (unpaired) electrons. The maximum absolute atomic E-state index is 12.6. The van der Waals surface area contributed by atoms with E-state index < -0.39 is 24.3 Å². The van der Waals surface area contributed by atoms with Crippen molar-refractivity contribution in [1.82, 2.24) is 0 Å². The standard InChI is InChI=1S/C17H14FNO3/c1-13(18)12-22-17(21)16(20)19(14-8-4-2-5-9-14)15-10-6-3-7-11-15/h2-11H,1,12H2. The van der Waals surface area contributed by atoms with Gasteiger partial charge in [0, 0.05) is 11.4 Å². The summed E-state index contributed by atoms with van der Waals surface area (Å²) in [5.41, 5.74) is 1.02. The van der Waals surface area contributed by atoms with Crippen LogP contribution in [0.2, 0.25) is 0 Å². The number of ether oxygens (including phenoxy) is 1. The zero-order valence-electron chi connectivity index (χ0n) is 11.7. The highest BCUT2D eigenvalue weighted by atomic mass is 19.1. The SMILES string of the molecule is C=C(F)COC(=O)C(=O)N(c1ccccc1)c1ccccc1. The second-order valence-electron chi connectivity index (χ2n) is 4.41. The lowest BCUT2D eigenvalue weighted by atomic mass is 10.2. The quantitative estimate of drug-likeness (QED) is 0.642. The molecule has 22 heavy (non-hydrogen) atoms.